The molecule has 0 aromatic heterocycles. The third-order valence-electron chi connectivity index (χ3n) is 6.17. The zero-order chi connectivity index (χ0) is 21.5. The lowest BCUT2D eigenvalue weighted by molar-refractivity contribution is -0.132. The van der Waals surface area contributed by atoms with Crippen LogP contribution >= 0.6 is 11.6 Å². The summed E-state index contributed by atoms with van der Waals surface area (Å²) in [4.78, 5) is 30.0. The molecule has 1 fully saturated rings. The van der Waals surface area contributed by atoms with Crippen LogP contribution in [0.25, 0.3) is 0 Å². The molecule has 2 aromatic rings. The van der Waals surface area contributed by atoms with E-state index in [-0.39, 0.29) is 17.9 Å². The number of anilines is 1. The number of rotatable bonds is 5. The quantitative estimate of drug-likeness (QED) is 0.793. The molecule has 0 saturated carbocycles. The molecule has 4 rings (SSSR count). The van der Waals surface area contributed by atoms with Gasteiger partial charge in [-0.15, -0.1) is 0 Å². The fraction of sp³-hybridized carbons (Fsp3) is 0.391. The molecule has 1 unspecified atom stereocenters. The number of benzene rings is 2. The minimum Gasteiger partial charge on any atom is -0.497 e. The smallest absolute Gasteiger partial charge is 0.254 e. The third kappa shape index (κ3) is 3.24. The van der Waals surface area contributed by atoms with Crippen molar-refractivity contribution >= 4 is 29.1 Å². The standard InChI is InChI=1S/C23H26ClN3O3/c1-26(2)21(28)14-17-5-4-12-27(17)23(15-6-9-18(30-3)10-7-15)19-13-16(24)8-11-20(19)25-22(23)29/h6-11,13,17H,4-5,12,14H2,1-3H3,(H,25,29)/t17-,23?/m0/s1. The van der Waals surface area contributed by atoms with E-state index >= 15 is 0 Å². The van der Waals surface area contributed by atoms with Gasteiger partial charge in [-0.2, -0.15) is 0 Å². The van der Waals surface area contributed by atoms with Gasteiger partial charge >= 0.3 is 0 Å². The molecule has 7 heteroatoms. The monoisotopic (exact) mass is 427 g/mol. The Hall–Kier alpha value is -2.57. The number of hydrogen-bond donors (Lipinski definition) is 1. The molecular weight excluding hydrogens is 402 g/mol. The highest BCUT2D eigenvalue weighted by molar-refractivity contribution is 6.31. The van der Waals surface area contributed by atoms with Gasteiger partial charge in [0.15, 0.2) is 5.54 Å². The van der Waals surface area contributed by atoms with Crippen molar-refractivity contribution in [2.24, 2.45) is 0 Å². The molecule has 2 aromatic carbocycles. The van der Waals surface area contributed by atoms with Crippen molar-refractivity contribution in [2.75, 3.05) is 33.1 Å². The number of fused-ring (bicyclic) bond motifs is 1. The summed E-state index contributed by atoms with van der Waals surface area (Å²) in [5.74, 6) is 0.662. The van der Waals surface area contributed by atoms with Crippen LogP contribution in [0.2, 0.25) is 5.02 Å². The minimum atomic E-state index is -1.04. The van der Waals surface area contributed by atoms with Crippen LogP contribution in [0.15, 0.2) is 42.5 Å². The van der Waals surface area contributed by atoms with Crippen LogP contribution in [0.3, 0.4) is 0 Å². The highest BCUT2D eigenvalue weighted by Gasteiger charge is 2.55. The lowest BCUT2D eigenvalue weighted by Gasteiger charge is -2.41. The first kappa shape index (κ1) is 20.7. The fourth-order valence-corrected chi connectivity index (χ4v) is 4.88. The molecule has 2 heterocycles. The molecule has 1 saturated heterocycles. The van der Waals surface area contributed by atoms with Gasteiger partial charge in [0.1, 0.15) is 5.75 Å². The van der Waals surface area contributed by atoms with Gasteiger partial charge < -0.3 is 15.0 Å². The number of likely N-dealkylation sites (tertiary alicyclic amines) is 1. The normalized spacial score (nSPS) is 23.2. The summed E-state index contributed by atoms with van der Waals surface area (Å²) >= 11 is 6.36. The van der Waals surface area contributed by atoms with Crippen LogP contribution in [0.5, 0.6) is 5.75 Å². The van der Waals surface area contributed by atoms with E-state index in [4.69, 9.17) is 16.3 Å². The van der Waals surface area contributed by atoms with Gasteiger partial charge in [-0.1, -0.05) is 23.7 Å². The van der Waals surface area contributed by atoms with Gasteiger partial charge in [-0.3, -0.25) is 14.5 Å². The first-order valence-corrected chi connectivity index (χ1v) is 10.5. The Morgan fingerprint density at radius 2 is 2.00 bits per heavy atom. The first-order valence-electron chi connectivity index (χ1n) is 10.1. The van der Waals surface area contributed by atoms with Crippen molar-refractivity contribution in [3.8, 4) is 5.75 Å². The number of nitrogens with zero attached hydrogens (tertiary/aromatic N) is 2. The van der Waals surface area contributed by atoms with Gasteiger partial charge in [-0.05, 0) is 48.7 Å². The maximum Gasteiger partial charge on any atom is 0.254 e. The zero-order valence-corrected chi connectivity index (χ0v) is 18.2. The van der Waals surface area contributed by atoms with Gasteiger partial charge in [-0.25, -0.2) is 0 Å². The van der Waals surface area contributed by atoms with Gasteiger partial charge in [0, 0.05) is 49.4 Å². The number of halogens is 1. The van der Waals surface area contributed by atoms with Crippen molar-refractivity contribution in [2.45, 2.75) is 30.8 Å². The molecular formula is C23H26ClN3O3. The lowest BCUT2D eigenvalue weighted by atomic mass is 9.81. The number of ether oxygens (including phenoxy) is 1. The fourth-order valence-electron chi connectivity index (χ4n) is 4.70. The molecule has 0 aliphatic carbocycles. The topological polar surface area (TPSA) is 61.9 Å². The second-order valence-corrected chi connectivity index (χ2v) is 8.50. The second kappa shape index (κ2) is 7.93. The molecule has 0 radical (unpaired) electrons. The Bertz CT molecular complexity index is 976. The maximum absolute atomic E-state index is 13.6. The van der Waals surface area contributed by atoms with Crippen LogP contribution in [-0.4, -0.2) is 55.4 Å². The van der Waals surface area contributed by atoms with Crippen LogP contribution in [0.1, 0.15) is 30.4 Å². The molecule has 2 aliphatic rings. The number of carbonyl (C=O) groups is 2. The summed E-state index contributed by atoms with van der Waals surface area (Å²) in [5.41, 5.74) is 1.38. The minimum absolute atomic E-state index is 0.0438. The van der Waals surface area contributed by atoms with Crippen molar-refractivity contribution in [1.29, 1.82) is 0 Å². The van der Waals surface area contributed by atoms with E-state index < -0.39 is 5.54 Å². The Kier molecular flexibility index (Phi) is 5.47. The number of methoxy groups -OCH3 is 1. The molecule has 6 nitrogen and oxygen atoms in total. The summed E-state index contributed by atoms with van der Waals surface area (Å²) in [6, 6.07) is 13.0. The summed E-state index contributed by atoms with van der Waals surface area (Å²) < 4.78 is 5.32. The molecule has 158 valence electrons. The summed E-state index contributed by atoms with van der Waals surface area (Å²) in [7, 11) is 5.14. The van der Waals surface area contributed by atoms with E-state index in [1.807, 2.05) is 36.4 Å². The maximum atomic E-state index is 13.6. The predicted octanol–water partition coefficient (Wildman–Crippen LogP) is 3.49. The molecule has 2 atom stereocenters. The third-order valence-corrected chi connectivity index (χ3v) is 6.41. The number of carbonyl (C=O) groups excluding carboxylic acids is 2. The van der Waals surface area contributed by atoms with E-state index in [1.165, 1.54) is 0 Å². The molecule has 0 spiro atoms. The summed E-state index contributed by atoms with van der Waals surface area (Å²) in [6.45, 7) is 0.719. The van der Waals surface area contributed by atoms with E-state index in [1.54, 1.807) is 32.2 Å². The highest BCUT2D eigenvalue weighted by Crippen LogP contribution is 2.49. The van der Waals surface area contributed by atoms with Gasteiger partial charge in [0.2, 0.25) is 5.91 Å². The van der Waals surface area contributed by atoms with Crippen LogP contribution in [0, 0.1) is 0 Å². The molecule has 0 bridgehead atoms. The largest absolute Gasteiger partial charge is 0.497 e. The molecule has 2 aliphatic heterocycles. The molecule has 2 amide bonds. The zero-order valence-electron chi connectivity index (χ0n) is 17.4. The SMILES string of the molecule is COc1ccc(C2(N3CCC[C@H]3CC(=O)N(C)C)C(=O)Nc3ccc(Cl)cc32)cc1. The van der Waals surface area contributed by atoms with E-state index in [0.717, 1.165) is 42.0 Å². The highest BCUT2D eigenvalue weighted by atomic mass is 35.5. The van der Waals surface area contributed by atoms with Gasteiger partial charge in [0.25, 0.3) is 5.91 Å². The van der Waals surface area contributed by atoms with Crippen molar-refractivity contribution in [3.05, 3.63) is 58.6 Å². The van der Waals surface area contributed by atoms with E-state index in [0.29, 0.717) is 11.4 Å². The Morgan fingerprint density at radius 1 is 1.27 bits per heavy atom. The van der Waals surface area contributed by atoms with Gasteiger partial charge in [0.05, 0.1) is 7.11 Å². The average molecular weight is 428 g/mol. The average Bonchev–Trinajstić information content (AvgIpc) is 3.30. The van der Waals surface area contributed by atoms with E-state index in [9.17, 15) is 9.59 Å². The summed E-state index contributed by atoms with van der Waals surface area (Å²) in [6.07, 6.45) is 2.15. The predicted molar refractivity (Wildman–Crippen MR) is 117 cm³/mol. The summed E-state index contributed by atoms with van der Waals surface area (Å²) in [5, 5.41) is 3.62. The molecule has 1 N–H and O–H groups in total. The number of hydrogen-bond acceptors (Lipinski definition) is 4. The first-order chi connectivity index (χ1) is 14.4. The van der Waals surface area contributed by atoms with Crippen molar-refractivity contribution in [3.63, 3.8) is 0 Å². The second-order valence-electron chi connectivity index (χ2n) is 8.06. The van der Waals surface area contributed by atoms with Crippen molar-refractivity contribution in [1.82, 2.24) is 9.80 Å². The van der Waals surface area contributed by atoms with Crippen LogP contribution < -0.4 is 10.1 Å². The number of nitrogens with one attached hydrogen (secondary N) is 1. The van der Waals surface area contributed by atoms with Crippen molar-refractivity contribution < 1.29 is 14.3 Å². The van der Waals surface area contributed by atoms with Crippen LogP contribution in [0.4, 0.5) is 5.69 Å². The Balaban J connectivity index is 1.88. The van der Waals surface area contributed by atoms with Crippen LogP contribution in [-0.2, 0) is 15.1 Å². The number of amides is 2. The van der Waals surface area contributed by atoms with E-state index in [2.05, 4.69) is 10.2 Å². The lowest BCUT2D eigenvalue weighted by Crippen LogP contribution is -2.54. The Labute approximate surface area is 181 Å². The molecule has 30 heavy (non-hydrogen) atoms. The Morgan fingerprint density at radius 3 is 2.67 bits per heavy atom.